The maximum atomic E-state index is 11.3. The summed E-state index contributed by atoms with van der Waals surface area (Å²) in [7, 11) is 1.61. The molecule has 3 N–H and O–H groups in total. The van der Waals surface area contributed by atoms with E-state index in [1.54, 1.807) is 20.1 Å². The minimum atomic E-state index is -0.820. The number of carbonyl (C=O) groups excluding carboxylic acids is 1. The van der Waals surface area contributed by atoms with Gasteiger partial charge >= 0.3 is 0 Å². The van der Waals surface area contributed by atoms with E-state index in [0.717, 1.165) is 27.5 Å². The highest BCUT2D eigenvalue weighted by Gasteiger charge is 2.20. The molecule has 0 heterocycles. The Hall–Kier alpha value is -2.53. The lowest BCUT2D eigenvalue weighted by Gasteiger charge is -2.25. The van der Waals surface area contributed by atoms with Crippen molar-refractivity contribution >= 4 is 11.6 Å². The molecule has 0 aliphatic carbocycles. The zero-order valence-corrected chi connectivity index (χ0v) is 12.9. The summed E-state index contributed by atoms with van der Waals surface area (Å²) in [5.41, 5.74) is 8.58. The van der Waals surface area contributed by atoms with Gasteiger partial charge in [-0.1, -0.05) is 23.8 Å². The van der Waals surface area contributed by atoms with Crippen LogP contribution in [0.4, 0.5) is 5.69 Å². The lowest BCUT2D eigenvalue weighted by Crippen LogP contribution is -2.41. The standard InChI is InChI=1S/C17H20N2O3/c1-11-4-9-16(19(21)12(2)17(18)20)15(10-11)13-5-7-14(22-3)8-6-13/h4-10,12,21H,1-3H3,(H2,18,20). The van der Waals surface area contributed by atoms with Gasteiger partial charge in [0.25, 0.3) is 0 Å². The molecule has 5 heteroatoms. The molecule has 0 bridgehead atoms. The maximum Gasteiger partial charge on any atom is 0.242 e. The van der Waals surface area contributed by atoms with E-state index in [9.17, 15) is 10.0 Å². The Kier molecular flexibility index (Phi) is 4.68. The minimum absolute atomic E-state index is 0.530. The number of nitrogens with zero attached hydrogens (tertiary/aromatic N) is 1. The summed E-state index contributed by atoms with van der Waals surface area (Å²) in [6.07, 6.45) is 0. The van der Waals surface area contributed by atoms with E-state index in [-0.39, 0.29) is 0 Å². The largest absolute Gasteiger partial charge is 0.497 e. The van der Waals surface area contributed by atoms with Crippen molar-refractivity contribution in [1.29, 1.82) is 0 Å². The number of methoxy groups -OCH3 is 1. The molecule has 0 fully saturated rings. The van der Waals surface area contributed by atoms with Gasteiger partial charge in [0, 0.05) is 5.56 Å². The van der Waals surface area contributed by atoms with E-state index in [4.69, 9.17) is 10.5 Å². The number of hydrogen-bond donors (Lipinski definition) is 2. The van der Waals surface area contributed by atoms with Crippen LogP contribution in [0.3, 0.4) is 0 Å². The van der Waals surface area contributed by atoms with E-state index in [0.29, 0.717) is 5.69 Å². The highest BCUT2D eigenvalue weighted by atomic mass is 16.5. The quantitative estimate of drug-likeness (QED) is 0.833. The fraction of sp³-hybridized carbons (Fsp3) is 0.235. The number of amides is 1. The van der Waals surface area contributed by atoms with Gasteiger partial charge in [0.1, 0.15) is 11.8 Å². The number of primary amides is 1. The number of rotatable bonds is 5. The molecule has 1 unspecified atom stereocenters. The first-order valence-electron chi connectivity index (χ1n) is 6.96. The Bertz CT molecular complexity index is 668. The van der Waals surface area contributed by atoms with Crippen LogP contribution in [0.25, 0.3) is 11.1 Å². The topological polar surface area (TPSA) is 75.8 Å². The Morgan fingerprint density at radius 1 is 1.23 bits per heavy atom. The van der Waals surface area contributed by atoms with Gasteiger partial charge in [-0.25, -0.2) is 5.06 Å². The van der Waals surface area contributed by atoms with E-state index in [1.165, 1.54) is 0 Å². The van der Waals surface area contributed by atoms with Crippen LogP contribution in [-0.4, -0.2) is 24.3 Å². The number of ether oxygens (including phenoxy) is 1. The van der Waals surface area contributed by atoms with Crippen molar-refractivity contribution in [3.05, 3.63) is 48.0 Å². The van der Waals surface area contributed by atoms with Crippen molar-refractivity contribution in [3.63, 3.8) is 0 Å². The molecule has 0 aliphatic heterocycles. The SMILES string of the molecule is COc1ccc(-c2cc(C)ccc2N(O)C(C)C(N)=O)cc1. The molecule has 1 atom stereocenters. The fourth-order valence-corrected chi connectivity index (χ4v) is 2.18. The van der Waals surface area contributed by atoms with E-state index >= 15 is 0 Å². The smallest absolute Gasteiger partial charge is 0.242 e. The van der Waals surface area contributed by atoms with Gasteiger partial charge in [0.2, 0.25) is 5.91 Å². The third-order valence-electron chi connectivity index (χ3n) is 3.58. The Morgan fingerprint density at radius 2 is 1.86 bits per heavy atom. The van der Waals surface area contributed by atoms with Crippen LogP contribution in [0.15, 0.2) is 42.5 Å². The van der Waals surface area contributed by atoms with Crippen molar-refractivity contribution < 1.29 is 14.7 Å². The number of hydrogen-bond acceptors (Lipinski definition) is 4. The highest BCUT2D eigenvalue weighted by molar-refractivity contribution is 5.86. The average molecular weight is 300 g/mol. The molecule has 2 rings (SSSR count). The van der Waals surface area contributed by atoms with Crippen LogP contribution in [0.2, 0.25) is 0 Å². The summed E-state index contributed by atoms with van der Waals surface area (Å²) < 4.78 is 5.16. The lowest BCUT2D eigenvalue weighted by molar-refractivity contribution is -0.120. The molecular weight excluding hydrogens is 280 g/mol. The third kappa shape index (κ3) is 3.20. The van der Waals surface area contributed by atoms with E-state index in [2.05, 4.69) is 0 Å². The number of hydroxylamine groups is 1. The Labute approximate surface area is 129 Å². The second kappa shape index (κ2) is 6.49. The van der Waals surface area contributed by atoms with Gasteiger partial charge in [-0.2, -0.15) is 0 Å². The first kappa shape index (κ1) is 15.9. The van der Waals surface area contributed by atoms with Crippen molar-refractivity contribution in [1.82, 2.24) is 0 Å². The second-order valence-electron chi connectivity index (χ2n) is 5.17. The fourth-order valence-electron chi connectivity index (χ4n) is 2.18. The normalized spacial score (nSPS) is 11.8. The van der Waals surface area contributed by atoms with Gasteiger partial charge in [0.15, 0.2) is 0 Å². The maximum absolute atomic E-state index is 11.3. The molecule has 0 spiro atoms. The van der Waals surface area contributed by atoms with Crippen LogP contribution >= 0.6 is 0 Å². The number of carbonyl (C=O) groups is 1. The predicted molar refractivity (Wildman–Crippen MR) is 86.1 cm³/mol. The summed E-state index contributed by atoms with van der Waals surface area (Å²) in [4.78, 5) is 11.3. The van der Waals surface area contributed by atoms with Gasteiger partial charge in [0.05, 0.1) is 12.8 Å². The average Bonchev–Trinajstić information content (AvgIpc) is 2.53. The highest BCUT2D eigenvalue weighted by Crippen LogP contribution is 2.33. The Balaban J connectivity index is 2.49. The van der Waals surface area contributed by atoms with Crippen LogP contribution < -0.4 is 15.5 Å². The van der Waals surface area contributed by atoms with Crippen LogP contribution in [0.5, 0.6) is 5.75 Å². The summed E-state index contributed by atoms with van der Waals surface area (Å²) in [5, 5.41) is 11.2. The number of aryl methyl sites for hydroxylation is 1. The molecule has 1 amide bonds. The molecule has 2 aromatic carbocycles. The van der Waals surface area contributed by atoms with Crippen molar-refractivity contribution in [2.75, 3.05) is 12.2 Å². The van der Waals surface area contributed by atoms with Crippen molar-refractivity contribution in [3.8, 4) is 16.9 Å². The summed E-state index contributed by atoms with van der Waals surface area (Å²) in [6.45, 7) is 3.52. The summed E-state index contributed by atoms with van der Waals surface area (Å²) in [5.74, 6) is 0.160. The summed E-state index contributed by atoms with van der Waals surface area (Å²) >= 11 is 0. The number of nitrogens with two attached hydrogens (primary N) is 1. The molecule has 0 saturated carbocycles. The summed E-state index contributed by atoms with van der Waals surface area (Å²) in [6, 6.07) is 12.3. The first-order valence-corrected chi connectivity index (χ1v) is 6.96. The molecular formula is C17H20N2O3. The number of anilines is 1. The van der Waals surface area contributed by atoms with Crippen LogP contribution in [-0.2, 0) is 4.79 Å². The monoisotopic (exact) mass is 300 g/mol. The van der Waals surface area contributed by atoms with Gasteiger partial charge in [-0.05, 0) is 43.7 Å². The van der Waals surface area contributed by atoms with Gasteiger partial charge in [-0.3, -0.25) is 10.0 Å². The molecule has 2 aromatic rings. The molecule has 5 nitrogen and oxygen atoms in total. The Morgan fingerprint density at radius 3 is 2.41 bits per heavy atom. The lowest BCUT2D eigenvalue weighted by atomic mass is 10.0. The molecule has 116 valence electrons. The molecule has 0 aliphatic rings. The molecule has 22 heavy (non-hydrogen) atoms. The minimum Gasteiger partial charge on any atom is -0.497 e. The molecule has 0 saturated heterocycles. The second-order valence-corrected chi connectivity index (χ2v) is 5.17. The zero-order chi connectivity index (χ0) is 16.3. The third-order valence-corrected chi connectivity index (χ3v) is 3.58. The van der Waals surface area contributed by atoms with Crippen molar-refractivity contribution in [2.24, 2.45) is 5.73 Å². The molecule has 0 radical (unpaired) electrons. The van der Waals surface area contributed by atoms with E-state index < -0.39 is 11.9 Å². The zero-order valence-electron chi connectivity index (χ0n) is 12.9. The predicted octanol–water partition coefficient (Wildman–Crippen LogP) is 2.74. The van der Waals surface area contributed by atoms with Crippen LogP contribution in [0.1, 0.15) is 12.5 Å². The van der Waals surface area contributed by atoms with Crippen molar-refractivity contribution in [2.45, 2.75) is 19.9 Å². The van der Waals surface area contributed by atoms with Crippen LogP contribution in [0, 0.1) is 6.92 Å². The van der Waals surface area contributed by atoms with Gasteiger partial charge < -0.3 is 10.5 Å². The van der Waals surface area contributed by atoms with Gasteiger partial charge in [-0.15, -0.1) is 0 Å². The molecule has 0 aromatic heterocycles. The van der Waals surface area contributed by atoms with E-state index in [1.807, 2.05) is 43.3 Å². The number of benzene rings is 2. The first-order chi connectivity index (χ1) is 10.4.